The smallest absolute Gasteiger partial charge is 0.272 e. The van der Waals surface area contributed by atoms with Gasteiger partial charge >= 0.3 is 0 Å². The molecule has 212 valence electrons. The molecule has 0 aliphatic rings. The summed E-state index contributed by atoms with van der Waals surface area (Å²) < 4.78 is 0. The molecule has 0 radical (unpaired) electrons. The summed E-state index contributed by atoms with van der Waals surface area (Å²) in [6, 6.07) is 21.9. The molecule has 3 amide bonds. The van der Waals surface area contributed by atoms with E-state index in [-0.39, 0.29) is 22.8 Å². The molecule has 3 aromatic heterocycles. The molecule has 5 aromatic rings. The minimum Gasteiger partial charge on any atom is -0.321 e. The Morgan fingerprint density at radius 2 is 1.79 bits per heavy atom. The maximum absolute atomic E-state index is 13.3. The van der Waals surface area contributed by atoms with E-state index in [9.17, 15) is 14.4 Å². The van der Waals surface area contributed by atoms with Crippen LogP contribution in [0.2, 0.25) is 0 Å². The number of rotatable bonds is 11. The van der Waals surface area contributed by atoms with Crippen molar-refractivity contribution in [2.24, 2.45) is 0 Å². The third-order valence-corrected chi connectivity index (χ3v) is 9.63. The summed E-state index contributed by atoms with van der Waals surface area (Å²) in [5.41, 5.74) is 2.77. The molecule has 2 aromatic carbocycles. The van der Waals surface area contributed by atoms with Crippen LogP contribution >= 0.6 is 45.8 Å². The first-order valence-electron chi connectivity index (χ1n) is 13.0. The highest BCUT2D eigenvalue weighted by atomic mass is 32.2. The summed E-state index contributed by atoms with van der Waals surface area (Å²) in [7, 11) is 0. The average molecular weight is 631 g/mol. The lowest BCUT2D eigenvalue weighted by Gasteiger charge is -2.15. The minimum absolute atomic E-state index is 0.122. The Balaban J connectivity index is 1.25. The van der Waals surface area contributed by atoms with Crippen LogP contribution in [-0.2, 0) is 9.59 Å². The molecule has 42 heavy (non-hydrogen) atoms. The molecule has 1 atom stereocenters. The Morgan fingerprint density at radius 3 is 2.52 bits per heavy atom. The van der Waals surface area contributed by atoms with Gasteiger partial charge in [-0.3, -0.25) is 14.4 Å². The van der Waals surface area contributed by atoms with Gasteiger partial charge in [-0.15, -0.1) is 34.4 Å². The first-order chi connectivity index (χ1) is 20.5. The molecule has 0 bridgehead atoms. The fourth-order valence-electron chi connectivity index (χ4n) is 3.85. The van der Waals surface area contributed by atoms with Crippen LogP contribution in [0.3, 0.4) is 0 Å². The van der Waals surface area contributed by atoms with Crippen LogP contribution in [0.5, 0.6) is 0 Å². The minimum atomic E-state index is -0.456. The monoisotopic (exact) mass is 630 g/mol. The zero-order valence-electron chi connectivity index (χ0n) is 22.4. The molecule has 0 aliphatic heterocycles. The first-order valence-corrected chi connectivity index (χ1v) is 16.6. The summed E-state index contributed by atoms with van der Waals surface area (Å²) in [4.78, 5) is 45.7. The number of thiazole rings is 1. The Labute approximate surface area is 259 Å². The Bertz CT molecular complexity index is 1680. The van der Waals surface area contributed by atoms with Crippen molar-refractivity contribution in [1.29, 1.82) is 0 Å². The summed E-state index contributed by atoms with van der Waals surface area (Å²) in [5.74, 6) is -0.965. The molecule has 7 nitrogen and oxygen atoms in total. The van der Waals surface area contributed by atoms with Gasteiger partial charge in [-0.05, 0) is 76.7 Å². The van der Waals surface area contributed by atoms with Gasteiger partial charge in [0.15, 0.2) is 5.13 Å². The lowest BCUT2D eigenvalue weighted by molar-refractivity contribution is -0.116. The number of hydrogen-bond acceptors (Lipinski definition) is 8. The van der Waals surface area contributed by atoms with Crippen molar-refractivity contribution in [1.82, 2.24) is 10.3 Å². The van der Waals surface area contributed by atoms with Crippen LogP contribution in [0.15, 0.2) is 105 Å². The SMILES string of the molecule is CCC(Sc1cccc(NC(=O)/C(=C/c2ccsc2)NC(=O)c2ccccc2)c1)C(=O)Nc1nc(-c2cccs2)cs1. The van der Waals surface area contributed by atoms with Crippen LogP contribution in [0.1, 0.15) is 29.3 Å². The maximum Gasteiger partial charge on any atom is 0.272 e. The second-order valence-corrected chi connectivity index (χ2v) is 12.8. The number of anilines is 2. The lowest BCUT2D eigenvalue weighted by Crippen LogP contribution is -2.30. The molecular formula is C31H26N4O3S4. The number of nitrogens with one attached hydrogen (secondary N) is 3. The van der Waals surface area contributed by atoms with Crippen molar-refractivity contribution < 1.29 is 14.4 Å². The number of amides is 3. The zero-order chi connectivity index (χ0) is 29.3. The highest BCUT2D eigenvalue weighted by molar-refractivity contribution is 8.00. The quantitative estimate of drug-likeness (QED) is 0.102. The van der Waals surface area contributed by atoms with E-state index < -0.39 is 5.91 Å². The molecule has 0 saturated heterocycles. The number of thioether (sulfide) groups is 1. The topological polar surface area (TPSA) is 100 Å². The zero-order valence-corrected chi connectivity index (χ0v) is 25.7. The molecule has 0 aliphatic carbocycles. The molecule has 0 fully saturated rings. The van der Waals surface area contributed by atoms with Crippen molar-refractivity contribution in [3.05, 3.63) is 111 Å². The van der Waals surface area contributed by atoms with Crippen molar-refractivity contribution in [2.45, 2.75) is 23.5 Å². The summed E-state index contributed by atoms with van der Waals surface area (Å²) in [5, 5.41) is 16.5. The molecule has 1 unspecified atom stereocenters. The largest absolute Gasteiger partial charge is 0.321 e. The van der Waals surface area contributed by atoms with Crippen molar-refractivity contribution in [2.75, 3.05) is 10.6 Å². The van der Waals surface area contributed by atoms with Crippen LogP contribution < -0.4 is 16.0 Å². The van der Waals surface area contributed by atoms with E-state index in [1.54, 1.807) is 47.7 Å². The molecular weight excluding hydrogens is 605 g/mol. The van der Waals surface area contributed by atoms with Gasteiger partial charge in [0.25, 0.3) is 11.8 Å². The van der Waals surface area contributed by atoms with Gasteiger partial charge in [0.05, 0.1) is 15.8 Å². The van der Waals surface area contributed by atoms with E-state index in [4.69, 9.17) is 0 Å². The van der Waals surface area contributed by atoms with Gasteiger partial charge in [-0.25, -0.2) is 4.98 Å². The number of aromatic nitrogens is 1. The summed E-state index contributed by atoms with van der Waals surface area (Å²) in [6.45, 7) is 1.96. The highest BCUT2D eigenvalue weighted by Crippen LogP contribution is 2.31. The highest BCUT2D eigenvalue weighted by Gasteiger charge is 2.20. The molecule has 5 rings (SSSR count). The number of benzene rings is 2. The van der Waals surface area contributed by atoms with Gasteiger partial charge in [-0.1, -0.05) is 37.3 Å². The first kappa shape index (κ1) is 29.5. The Hall–Kier alpha value is -4.03. The molecule has 0 spiro atoms. The Morgan fingerprint density at radius 1 is 0.929 bits per heavy atom. The fraction of sp³-hybridized carbons (Fsp3) is 0.0968. The standard InChI is InChI=1S/C31H26N4O3S4/c1-2-26(30(38)35-31-34-25(19-41-31)27-12-7-14-40-27)42-23-11-6-10-22(17-23)32-29(37)24(16-20-13-15-39-18-20)33-28(36)21-8-4-3-5-9-21/h3-19,26H,2H2,1H3,(H,32,37)(H,33,36)(H,34,35,38)/b24-16-. The molecule has 3 heterocycles. The third-order valence-electron chi connectivity index (χ3n) is 5.92. The number of carbonyl (C=O) groups excluding carboxylic acids is 3. The van der Waals surface area contributed by atoms with Crippen LogP contribution in [0.4, 0.5) is 10.8 Å². The molecule has 3 N–H and O–H groups in total. The van der Waals surface area contributed by atoms with Gasteiger partial charge in [0, 0.05) is 21.5 Å². The third kappa shape index (κ3) is 7.83. The van der Waals surface area contributed by atoms with Gasteiger partial charge < -0.3 is 16.0 Å². The number of carbonyl (C=O) groups is 3. The predicted octanol–water partition coefficient (Wildman–Crippen LogP) is 7.85. The molecule has 11 heteroatoms. The normalized spacial score (nSPS) is 12.0. The maximum atomic E-state index is 13.3. The van der Waals surface area contributed by atoms with E-state index in [1.807, 2.05) is 70.9 Å². The van der Waals surface area contributed by atoms with E-state index in [2.05, 4.69) is 20.9 Å². The second-order valence-electron chi connectivity index (χ2n) is 8.94. The van der Waals surface area contributed by atoms with Gasteiger partial charge in [0.2, 0.25) is 5.91 Å². The van der Waals surface area contributed by atoms with Crippen LogP contribution in [-0.4, -0.2) is 28.0 Å². The van der Waals surface area contributed by atoms with E-state index in [0.717, 1.165) is 21.0 Å². The van der Waals surface area contributed by atoms with Crippen LogP contribution in [0.25, 0.3) is 16.6 Å². The van der Waals surface area contributed by atoms with Gasteiger partial charge in [-0.2, -0.15) is 11.3 Å². The van der Waals surface area contributed by atoms with Gasteiger partial charge in [0.1, 0.15) is 5.70 Å². The summed E-state index contributed by atoms with van der Waals surface area (Å²) in [6.07, 6.45) is 2.25. The predicted molar refractivity (Wildman–Crippen MR) is 175 cm³/mol. The number of hydrogen-bond donors (Lipinski definition) is 3. The van der Waals surface area contributed by atoms with Crippen molar-refractivity contribution in [3.8, 4) is 10.6 Å². The number of thiophene rings is 2. The van der Waals surface area contributed by atoms with E-state index in [1.165, 1.54) is 34.4 Å². The average Bonchev–Trinajstić information content (AvgIpc) is 3.80. The number of nitrogens with zero attached hydrogens (tertiary/aromatic N) is 1. The van der Waals surface area contributed by atoms with E-state index in [0.29, 0.717) is 22.8 Å². The Kier molecular flexibility index (Phi) is 9.98. The lowest BCUT2D eigenvalue weighted by atomic mass is 10.2. The fourth-order valence-corrected chi connectivity index (χ4v) is 6.96. The second kappa shape index (κ2) is 14.2. The van der Waals surface area contributed by atoms with Crippen LogP contribution in [0, 0.1) is 0 Å². The van der Waals surface area contributed by atoms with Crippen molar-refractivity contribution in [3.63, 3.8) is 0 Å². The molecule has 0 saturated carbocycles. The van der Waals surface area contributed by atoms with Crippen molar-refractivity contribution >= 4 is 80.4 Å². The van der Waals surface area contributed by atoms with E-state index >= 15 is 0 Å². The summed E-state index contributed by atoms with van der Waals surface area (Å²) >= 11 is 5.91.